The summed E-state index contributed by atoms with van der Waals surface area (Å²) in [6, 6.07) is 15.8. The molecule has 2 N–H and O–H groups in total. The molecular weight excluding hydrogens is 224 g/mol. The lowest BCUT2D eigenvalue weighted by molar-refractivity contribution is 0.578. The van der Waals surface area contributed by atoms with Gasteiger partial charge in [0.15, 0.2) is 5.76 Å². The predicted octanol–water partition coefficient (Wildman–Crippen LogP) is 3.63. The lowest BCUT2D eigenvalue weighted by Crippen LogP contribution is -1.98. The van der Waals surface area contributed by atoms with Gasteiger partial charge in [-0.1, -0.05) is 0 Å². The van der Waals surface area contributed by atoms with E-state index in [9.17, 15) is 0 Å². The van der Waals surface area contributed by atoms with Crippen LogP contribution >= 0.6 is 0 Å². The van der Waals surface area contributed by atoms with Gasteiger partial charge in [0.1, 0.15) is 0 Å². The van der Waals surface area contributed by atoms with E-state index >= 15 is 0 Å². The Bertz CT molecular complexity index is 648. The first-order chi connectivity index (χ1) is 8.75. The van der Waals surface area contributed by atoms with Gasteiger partial charge in [-0.2, -0.15) is 0 Å². The number of hydrogen-bond donors (Lipinski definition) is 1. The molecule has 3 nitrogen and oxygen atoms in total. The smallest absolute Gasteiger partial charge is 0.150 e. The van der Waals surface area contributed by atoms with Gasteiger partial charge < -0.3 is 14.7 Å². The molecule has 0 fully saturated rings. The van der Waals surface area contributed by atoms with Gasteiger partial charge in [-0.15, -0.1) is 0 Å². The van der Waals surface area contributed by atoms with Crippen LogP contribution in [0.5, 0.6) is 0 Å². The Kier molecular flexibility index (Phi) is 2.45. The first-order valence-corrected chi connectivity index (χ1v) is 5.84. The molecule has 2 aromatic heterocycles. The minimum absolute atomic E-state index is 0.767. The number of nitrogen functional groups attached to an aromatic ring is 1. The normalized spacial score (nSPS) is 10.7. The van der Waals surface area contributed by atoms with Crippen molar-refractivity contribution in [3.63, 3.8) is 0 Å². The molecule has 0 unspecified atom stereocenters. The molecule has 0 aliphatic rings. The number of nitrogens with zero attached hydrogens (tertiary/aromatic N) is 1. The standard InChI is InChI=1S/C15H14N2O/c1-11-4-9-14(15-3-2-10-18-15)17(11)13-7-5-12(16)6-8-13/h2-10H,16H2,1H3. The summed E-state index contributed by atoms with van der Waals surface area (Å²) in [7, 11) is 0. The Hall–Kier alpha value is -2.42. The summed E-state index contributed by atoms with van der Waals surface area (Å²) in [4.78, 5) is 0. The van der Waals surface area contributed by atoms with E-state index in [2.05, 4.69) is 23.6 Å². The van der Waals surface area contributed by atoms with Crippen molar-refractivity contribution in [2.24, 2.45) is 0 Å². The number of aryl methyl sites for hydroxylation is 1. The number of rotatable bonds is 2. The van der Waals surface area contributed by atoms with Gasteiger partial charge in [0.25, 0.3) is 0 Å². The van der Waals surface area contributed by atoms with Crippen molar-refractivity contribution in [1.82, 2.24) is 4.57 Å². The molecule has 0 amide bonds. The number of aromatic nitrogens is 1. The van der Waals surface area contributed by atoms with Crippen LogP contribution in [0.1, 0.15) is 5.69 Å². The maximum absolute atomic E-state index is 5.72. The largest absolute Gasteiger partial charge is 0.463 e. The molecule has 0 radical (unpaired) electrons. The Morgan fingerprint density at radius 3 is 2.44 bits per heavy atom. The van der Waals surface area contributed by atoms with E-state index in [1.54, 1.807) is 6.26 Å². The number of nitrogens with two attached hydrogens (primary N) is 1. The second-order valence-corrected chi connectivity index (χ2v) is 4.26. The summed E-state index contributed by atoms with van der Waals surface area (Å²) in [5, 5.41) is 0. The molecule has 0 atom stereocenters. The fraction of sp³-hybridized carbons (Fsp3) is 0.0667. The van der Waals surface area contributed by atoms with Gasteiger partial charge in [0, 0.05) is 17.1 Å². The fourth-order valence-corrected chi connectivity index (χ4v) is 2.12. The predicted molar refractivity (Wildman–Crippen MR) is 72.6 cm³/mol. The zero-order valence-electron chi connectivity index (χ0n) is 10.1. The maximum atomic E-state index is 5.72. The summed E-state index contributed by atoms with van der Waals surface area (Å²) in [6.07, 6.45) is 1.69. The van der Waals surface area contributed by atoms with E-state index in [0.29, 0.717) is 0 Å². The Balaban J connectivity index is 2.17. The van der Waals surface area contributed by atoms with E-state index in [1.165, 1.54) is 0 Å². The Morgan fingerprint density at radius 2 is 1.78 bits per heavy atom. The average Bonchev–Trinajstić information content (AvgIpc) is 2.99. The summed E-state index contributed by atoms with van der Waals surface area (Å²) in [6.45, 7) is 2.07. The zero-order chi connectivity index (χ0) is 12.5. The van der Waals surface area contributed by atoms with Crippen LogP contribution in [-0.2, 0) is 0 Å². The van der Waals surface area contributed by atoms with E-state index < -0.39 is 0 Å². The number of hydrogen-bond acceptors (Lipinski definition) is 2. The van der Waals surface area contributed by atoms with Gasteiger partial charge in [-0.05, 0) is 55.5 Å². The van der Waals surface area contributed by atoms with Crippen LogP contribution in [0.3, 0.4) is 0 Å². The van der Waals surface area contributed by atoms with Crippen LogP contribution < -0.4 is 5.73 Å². The molecular formula is C15H14N2O. The number of anilines is 1. The van der Waals surface area contributed by atoms with Gasteiger partial charge in [-0.3, -0.25) is 0 Å². The first kappa shape index (κ1) is 10.7. The van der Waals surface area contributed by atoms with Gasteiger partial charge in [0.05, 0.1) is 12.0 Å². The highest BCUT2D eigenvalue weighted by Gasteiger charge is 2.10. The summed E-state index contributed by atoms with van der Waals surface area (Å²) in [5.41, 5.74) is 9.77. The summed E-state index contributed by atoms with van der Waals surface area (Å²) in [5.74, 6) is 0.861. The molecule has 90 valence electrons. The second-order valence-electron chi connectivity index (χ2n) is 4.26. The third-order valence-corrected chi connectivity index (χ3v) is 3.00. The number of furan rings is 1. The van der Waals surface area contributed by atoms with Crippen molar-refractivity contribution >= 4 is 5.69 Å². The lowest BCUT2D eigenvalue weighted by atomic mass is 10.2. The average molecular weight is 238 g/mol. The van der Waals surface area contributed by atoms with Crippen molar-refractivity contribution < 1.29 is 4.42 Å². The second kappa shape index (κ2) is 4.11. The quantitative estimate of drug-likeness (QED) is 0.693. The topological polar surface area (TPSA) is 44.1 Å². The zero-order valence-corrected chi connectivity index (χ0v) is 10.1. The van der Waals surface area contributed by atoms with Crippen molar-refractivity contribution in [2.45, 2.75) is 6.92 Å². The summed E-state index contributed by atoms with van der Waals surface area (Å²) < 4.78 is 7.62. The third-order valence-electron chi connectivity index (χ3n) is 3.00. The molecule has 0 aliphatic carbocycles. The fourth-order valence-electron chi connectivity index (χ4n) is 2.12. The molecule has 0 saturated heterocycles. The van der Waals surface area contributed by atoms with Crippen LogP contribution in [0.2, 0.25) is 0 Å². The van der Waals surface area contributed by atoms with Gasteiger partial charge in [-0.25, -0.2) is 0 Å². The Labute approximate surface area is 105 Å². The highest BCUT2D eigenvalue weighted by Crippen LogP contribution is 2.26. The van der Waals surface area contributed by atoms with Crippen LogP contribution in [0.25, 0.3) is 17.1 Å². The van der Waals surface area contributed by atoms with Gasteiger partial charge in [0.2, 0.25) is 0 Å². The maximum Gasteiger partial charge on any atom is 0.150 e. The highest BCUT2D eigenvalue weighted by molar-refractivity contribution is 5.59. The minimum atomic E-state index is 0.767. The Morgan fingerprint density at radius 1 is 1.00 bits per heavy atom. The van der Waals surface area contributed by atoms with Crippen LogP contribution in [0, 0.1) is 6.92 Å². The van der Waals surface area contributed by atoms with E-state index in [4.69, 9.17) is 10.2 Å². The molecule has 0 bridgehead atoms. The molecule has 2 heterocycles. The van der Waals surface area contributed by atoms with E-state index in [0.717, 1.165) is 28.5 Å². The molecule has 1 aromatic carbocycles. The molecule has 3 rings (SSSR count). The molecule has 3 heteroatoms. The van der Waals surface area contributed by atoms with Crippen LogP contribution in [-0.4, -0.2) is 4.57 Å². The summed E-state index contributed by atoms with van der Waals surface area (Å²) >= 11 is 0. The van der Waals surface area contributed by atoms with E-state index in [-0.39, 0.29) is 0 Å². The van der Waals surface area contributed by atoms with Crippen molar-refractivity contribution in [2.75, 3.05) is 5.73 Å². The van der Waals surface area contributed by atoms with Crippen LogP contribution in [0.15, 0.2) is 59.2 Å². The molecule has 3 aromatic rings. The number of benzene rings is 1. The van der Waals surface area contributed by atoms with Crippen molar-refractivity contribution in [1.29, 1.82) is 0 Å². The first-order valence-electron chi connectivity index (χ1n) is 5.84. The van der Waals surface area contributed by atoms with Crippen LogP contribution in [0.4, 0.5) is 5.69 Å². The SMILES string of the molecule is Cc1ccc(-c2ccco2)n1-c1ccc(N)cc1. The molecule has 0 saturated carbocycles. The molecule has 0 aliphatic heterocycles. The lowest BCUT2D eigenvalue weighted by Gasteiger charge is -2.10. The third kappa shape index (κ3) is 1.70. The van der Waals surface area contributed by atoms with Crippen molar-refractivity contribution in [3.05, 3.63) is 60.5 Å². The van der Waals surface area contributed by atoms with E-state index in [1.807, 2.05) is 36.4 Å². The minimum Gasteiger partial charge on any atom is -0.463 e. The van der Waals surface area contributed by atoms with Gasteiger partial charge >= 0.3 is 0 Å². The molecule has 18 heavy (non-hydrogen) atoms. The van der Waals surface area contributed by atoms with Crippen molar-refractivity contribution in [3.8, 4) is 17.1 Å². The molecule has 0 spiro atoms. The highest BCUT2D eigenvalue weighted by atomic mass is 16.3. The monoisotopic (exact) mass is 238 g/mol.